The summed E-state index contributed by atoms with van der Waals surface area (Å²) < 4.78 is 1.74. The van der Waals surface area contributed by atoms with E-state index in [9.17, 15) is 4.79 Å². The van der Waals surface area contributed by atoms with Gasteiger partial charge in [-0.25, -0.2) is 4.68 Å². The molecule has 0 saturated heterocycles. The van der Waals surface area contributed by atoms with Crippen LogP contribution in [0.1, 0.15) is 44.9 Å². The Morgan fingerprint density at radius 1 is 1.42 bits per heavy atom. The second kappa shape index (κ2) is 4.94. The van der Waals surface area contributed by atoms with Gasteiger partial charge in [0, 0.05) is 13.0 Å². The SMILES string of the molecule is CCn1nc(C)nc1NC(=O)C[C@@H]1C[C@H]2CC[C@H]1C2. The van der Waals surface area contributed by atoms with Gasteiger partial charge in [0.2, 0.25) is 11.9 Å². The van der Waals surface area contributed by atoms with Crippen molar-refractivity contribution in [1.82, 2.24) is 14.8 Å². The van der Waals surface area contributed by atoms with E-state index in [1.807, 2.05) is 13.8 Å². The van der Waals surface area contributed by atoms with Crippen LogP contribution < -0.4 is 5.32 Å². The minimum absolute atomic E-state index is 0.0969. The molecular formula is C14H22N4O. The number of hydrogen-bond donors (Lipinski definition) is 1. The molecule has 1 aromatic rings. The molecule has 19 heavy (non-hydrogen) atoms. The lowest BCUT2D eigenvalue weighted by molar-refractivity contribution is -0.117. The molecule has 2 aliphatic carbocycles. The normalized spacial score (nSPS) is 28.8. The molecule has 0 aliphatic heterocycles. The molecule has 0 spiro atoms. The summed E-state index contributed by atoms with van der Waals surface area (Å²) in [5.74, 6) is 3.67. The maximum atomic E-state index is 12.1. The lowest BCUT2D eigenvalue weighted by Gasteiger charge is -2.20. The van der Waals surface area contributed by atoms with Gasteiger partial charge in [-0.05, 0) is 50.9 Å². The van der Waals surface area contributed by atoms with E-state index in [-0.39, 0.29) is 5.91 Å². The van der Waals surface area contributed by atoms with Crippen LogP contribution in [0.5, 0.6) is 0 Å². The second-order valence-corrected chi connectivity index (χ2v) is 5.99. The summed E-state index contributed by atoms with van der Waals surface area (Å²) in [4.78, 5) is 16.4. The number of fused-ring (bicyclic) bond motifs is 2. The number of aromatic nitrogens is 3. The Bertz CT molecular complexity index is 482. The molecule has 5 nitrogen and oxygen atoms in total. The molecule has 2 aliphatic rings. The van der Waals surface area contributed by atoms with Crippen LogP contribution in [-0.2, 0) is 11.3 Å². The molecular weight excluding hydrogens is 240 g/mol. The van der Waals surface area contributed by atoms with E-state index in [0.717, 1.165) is 18.4 Å². The van der Waals surface area contributed by atoms with Gasteiger partial charge in [0.25, 0.3) is 0 Å². The monoisotopic (exact) mass is 262 g/mol. The summed E-state index contributed by atoms with van der Waals surface area (Å²) in [5, 5.41) is 7.16. The fourth-order valence-electron chi connectivity index (χ4n) is 3.81. The molecule has 1 aromatic heterocycles. The summed E-state index contributed by atoms with van der Waals surface area (Å²) in [7, 11) is 0. The van der Waals surface area contributed by atoms with Crippen molar-refractivity contribution in [3.63, 3.8) is 0 Å². The highest BCUT2D eigenvalue weighted by Gasteiger charge is 2.40. The first kappa shape index (κ1) is 12.6. The van der Waals surface area contributed by atoms with Gasteiger partial charge in [-0.15, -0.1) is 0 Å². The van der Waals surface area contributed by atoms with Crippen molar-refractivity contribution >= 4 is 11.9 Å². The molecule has 3 rings (SSSR count). The number of aryl methyl sites for hydroxylation is 2. The Morgan fingerprint density at radius 2 is 2.26 bits per heavy atom. The third kappa shape index (κ3) is 2.51. The molecule has 1 amide bonds. The molecule has 0 unspecified atom stereocenters. The van der Waals surface area contributed by atoms with Crippen molar-refractivity contribution < 1.29 is 4.79 Å². The lowest BCUT2D eigenvalue weighted by atomic mass is 9.86. The summed E-state index contributed by atoms with van der Waals surface area (Å²) in [6.45, 7) is 4.57. The number of nitrogens with zero attached hydrogens (tertiary/aromatic N) is 3. The molecule has 2 bridgehead atoms. The molecule has 1 heterocycles. The van der Waals surface area contributed by atoms with E-state index in [0.29, 0.717) is 24.1 Å². The Hall–Kier alpha value is -1.39. The Balaban J connectivity index is 1.59. The molecule has 0 radical (unpaired) electrons. The average molecular weight is 262 g/mol. The minimum atomic E-state index is 0.0969. The van der Waals surface area contributed by atoms with E-state index >= 15 is 0 Å². The maximum Gasteiger partial charge on any atom is 0.228 e. The van der Waals surface area contributed by atoms with Gasteiger partial charge in [-0.1, -0.05) is 6.42 Å². The fourth-order valence-corrected chi connectivity index (χ4v) is 3.81. The van der Waals surface area contributed by atoms with Crippen LogP contribution in [-0.4, -0.2) is 20.7 Å². The summed E-state index contributed by atoms with van der Waals surface area (Å²) in [6, 6.07) is 0. The zero-order valence-electron chi connectivity index (χ0n) is 11.7. The highest BCUT2D eigenvalue weighted by atomic mass is 16.1. The van der Waals surface area contributed by atoms with Gasteiger partial charge in [0.05, 0.1) is 0 Å². The number of amides is 1. The fraction of sp³-hybridized carbons (Fsp3) is 0.786. The van der Waals surface area contributed by atoms with E-state index < -0.39 is 0 Å². The predicted octanol–water partition coefficient (Wildman–Crippen LogP) is 2.37. The summed E-state index contributed by atoms with van der Waals surface area (Å²) in [5.41, 5.74) is 0. The smallest absolute Gasteiger partial charge is 0.228 e. The standard InChI is InChI=1S/C14H22N4O/c1-3-18-14(15-9(2)17-18)16-13(19)8-12-7-10-4-5-11(12)6-10/h10-12H,3-8H2,1-2H3,(H,15,16,17,19)/t10-,11-,12-/m0/s1. The summed E-state index contributed by atoms with van der Waals surface area (Å²) in [6.07, 6.45) is 5.95. The van der Waals surface area contributed by atoms with Crippen LogP contribution >= 0.6 is 0 Å². The topological polar surface area (TPSA) is 59.8 Å². The highest BCUT2D eigenvalue weighted by molar-refractivity contribution is 5.89. The number of carbonyl (C=O) groups is 1. The van der Waals surface area contributed by atoms with Gasteiger partial charge < -0.3 is 0 Å². The van der Waals surface area contributed by atoms with Gasteiger partial charge in [0.1, 0.15) is 5.82 Å². The number of rotatable bonds is 4. The van der Waals surface area contributed by atoms with Crippen molar-refractivity contribution in [3.05, 3.63) is 5.82 Å². The zero-order valence-corrected chi connectivity index (χ0v) is 11.7. The number of hydrogen-bond acceptors (Lipinski definition) is 3. The molecule has 5 heteroatoms. The Kier molecular flexibility index (Phi) is 3.29. The van der Waals surface area contributed by atoms with Crippen molar-refractivity contribution in [2.24, 2.45) is 17.8 Å². The largest absolute Gasteiger partial charge is 0.295 e. The van der Waals surface area contributed by atoms with Crippen molar-refractivity contribution in [1.29, 1.82) is 0 Å². The average Bonchev–Trinajstić information content (AvgIpc) is 3.04. The quantitative estimate of drug-likeness (QED) is 0.906. The highest BCUT2D eigenvalue weighted by Crippen LogP contribution is 2.49. The lowest BCUT2D eigenvalue weighted by Crippen LogP contribution is -2.22. The van der Waals surface area contributed by atoms with E-state index in [4.69, 9.17) is 0 Å². The Labute approximate surface area is 113 Å². The number of nitrogens with one attached hydrogen (secondary N) is 1. The van der Waals surface area contributed by atoms with Crippen LogP contribution in [0.2, 0.25) is 0 Å². The summed E-state index contributed by atoms with van der Waals surface area (Å²) >= 11 is 0. The van der Waals surface area contributed by atoms with E-state index in [1.54, 1.807) is 4.68 Å². The molecule has 2 fully saturated rings. The third-order valence-electron chi connectivity index (χ3n) is 4.66. The van der Waals surface area contributed by atoms with Gasteiger partial charge >= 0.3 is 0 Å². The first-order chi connectivity index (χ1) is 9.15. The van der Waals surface area contributed by atoms with E-state index in [1.165, 1.54) is 25.7 Å². The van der Waals surface area contributed by atoms with Crippen LogP contribution in [0.25, 0.3) is 0 Å². The van der Waals surface area contributed by atoms with E-state index in [2.05, 4.69) is 15.4 Å². The minimum Gasteiger partial charge on any atom is -0.295 e. The number of anilines is 1. The van der Waals surface area contributed by atoms with Gasteiger partial charge in [-0.3, -0.25) is 10.1 Å². The molecule has 0 aromatic carbocycles. The maximum absolute atomic E-state index is 12.1. The van der Waals surface area contributed by atoms with Crippen molar-refractivity contribution in [3.8, 4) is 0 Å². The zero-order chi connectivity index (χ0) is 13.4. The van der Waals surface area contributed by atoms with Gasteiger partial charge in [0.15, 0.2) is 0 Å². The first-order valence-electron chi connectivity index (χ1n) is 7.37. The molecule has 3 atom stereocenters. The van der Waals surface area contributed by atoms with Crippen LogP contribution in [0, 0.1) is 24.7 Å². The Morgan fingerprint density at radius 3 is 2.89 bits per heavy atom. The molecule has 2 saturated carbocycles. The van der Waals surface area contributed by atoms with Crippen LogP contribution in [0.15, 0.2) is 0 Å². The second-order valence-electron chi connectivity index (χ2n) is 5.99. The first-order valence-corrected chi connectivity index (χ1v) is 7.37. The predicted molar refractivity (Wildman–Crippen MR) is 72.6 cm³/mol. The molecule has 104 valence electrons. The van der Waals surface area contributed by atoms with Crippen molar-refractivity contribution in [2.75, 3.05) is 5.32 Å². The van der Waals surface area contributed by atoms with Crippen LogP contribution in [0.3, 0.4) is 0 Å². The number of carbonyl (C=O) groups excluding carboxylic acids is 1. The third-order valence-corrected chi connectivity index (χ3v) is 4.66. The van der Waals surface area contributed by atoms with Gasteiger partial charge in [-0.2, -0.15) is 10.1 Å². The van der Waals surface area contributed by atoms with Crippen LogP contribution in [0.4, 0.5) is 5.95 Å². The molecule has 1 N–H and O–H groups in total. The van der Waals surface area contributed by atoms with Crippen molar-refractivity contribution in [2.45, 2.75) is 52.5 Å².